The summed E-state index contributed by atoms with van der Waals surface area (Å²) in [6, 6.07) is 22.7. The van der Waals surface area contributed by atoms with Crippen LogP contribution in [0.3, 0.4) is 0 Å². The van der Waals surface area contributed by atoms with Gasteiger partial charge in [-0.25, -0.2) is 0 Å². The summed E-state index contributed by atoms with van der Waals surface area (Å²) in [5, 5.41) is 3.39. The van der Waals surface area contributed by atoms with Crippen LogP contribution >= 0.6 is 0 Å². The smallest absolute Gasteiger partial charge is 0.261 e. The largest absolute Gasteiger partial charge is 0.328 e. The summed E-state index contributed by atoms with van der Waals surface area (Å²) in [7, 11) is 8.99. The second-order valence-corrected chi connectivity index (χ2v) is 18.2. The van der Waals surface area contributed by atoms with E-state index in [1.165, 1.54) is 9.80 Å². The highest BCUT2D eigenvalue weighted by Gasteiger charge is 2.40. The van der Waals surface area contributed by atoms with Gasteiger partial charge in [0.2, 0.25) is 0 Å². The number of imide groups is 2. The van der Waals surface area contributed by atoms with Crippen molar-refractivity contribution >= 4 is 45.2 Å². The van der Waals surface area contributed by atoms with Crippen molar-refractivity contribution in [2.24, 2.45) is 10.8 Å². The molecule has 0 radical (unpaired) electrons. The Labute approximate surface area is 309 Å². The Hall–Kier alpha value is -4.40. The van der Waals surface area contributed by atoms with Gasteiger partial charge in [0.15, 0.2) is 0 Å². The molecule has 6 rings (SSSR count). The molecule has 0 aromatic heterocycles. The first-order chi connectivity index (χ1) is 24.4. The third kappa shape index (κ3) is 7.69. The van der Waals surface area contributed by atoms with Gasteiger partial charge >= 0.3 is 0 Å². The number of nitrogens with zero attached hydrogens (tertiary/aromatic N) is 4. The summed E-state index contributed by atoms with van der Waals surface area (Å²) in [6.45, 7) is 13.1. The first kappa shape index (κ1) is 37.4. The summed E-state index contributed by atoms with van der Waals surface area (Å²) in [6.07, 6.45) is 4.48. The van der Waals surface area contributed by atoms with E-state index in [9.17, 15) is 19.2 Å². The Morgan fingerprint density at radius 3 is 1.04 bits per heavy atom. The van der Waals surface area contributed by atoms with Crippen molar-refractivity contribution in [2.45, 2.75) is 53.4 Å². The van der Waals surface area contributed by atoms with Crippen molar-refractivity contribution in [1.82, 2.24) is 9.80 Å². The van der Waals surface area contributed by atoms with Crippen LogP contribution in [0.4, 0.5) is 0 Å². The van der Waals surface area contributed by atoms with E-state index in [-0.39, 0.29) is 34.5 Å². The molecule has 0 N–H and O–H groups in total. The molecule has 0 spiro atoms. The van der Waals surface area contributed by atoms with E-state index in [2.05, 4.69) is 55.9 Å². The van der Waals surface area contributed by atoms with Crippen molar-refractivity contribution < 1.29 is 28.1 Å². The molecule has 4 amide bonds. The van der Waals surface area contributed by atoms with E-state index in [1.807, 2.05) is 72.8 Å². The van der Waals surface area contributed by atoms with E-state index in [4.69, 9.17) is 0 Å². The Kier molecular flexibility index (Phi) is 9.96. The zero-order chi connectivity index (χ0) is 37.6. The maximum Gasteiger partial charge on any atom is 0.261 e. The molecular formula is C44H56N4O4+2. The quantitative estimate of drug-likeness (QED) is 0.0724. The van der Waals surface area contributed by atoms with Gasteiger partial charge in [-0.2, -0.15) is 0 Å². The molecule has 0 aliphatic carbocycles. The van der Waals surface area contributed by atoms with Gasteiger partial charge < -0.3 is 8.97 Å². The van der Waals surface area contributed by atoms with E-state index < -0.39 is 0 Å². The number of carbonyl (C=O) groups excluding carboxylic acids is 4. The maximum absolute atomic E-state index is 13.5. The molecule has 2 heterocycles. The molecule has 0 atom stereocenters. The molecule has 2 aliphatic heterocycles. The lowest BCUT2D eigenvalue weighted by Gasteiger charge is -2.40. The van der Waals surface area contributed by atoms with Crippen molar-refractivity contribution in [3.05, 3.63) is 95.1 Å². The highest BCUT2D eigenvalue weighted by molar-refractivity contribution is 6.26. The number of rotatable bonds is 15. The van der Waals surface area contributed by atoms with Gasteiger partial charge in [0, 0.05) is 56.9 Å². The van der Waals surface area contributed by atoms with Crippen LogP contribution in [0.1, 0.15) is 94.8 Å². The molecule has 0 unspecified atom stereocenters. The molecule has 4 aromatic rings. The Balaban J connectivity index is 0.955. The summed E-state index contributed by atoms with van der Waals surface area (Å²) in [5.41, 5.74) is 1.92. The highest BCUT2D eigenvalue weighted by atomic mass is 16.2. The average molecular weight is 705 g/mol. The lowest BCUT2D eigenvalue weighted by Crippen LogP contribution is -2.53. The second-order valence-electron chi connectivity index (χ2n) is 18.2. The zero-order valence-electron chi connectivity index (χ0n) is 32.4. The third-order valence-corrected chi connectivity index (χ3v) is 10.9. The number of amides is 4. The number of hydrogen-bond acceptors (Lipinski definition) is 4. The predicted octanol–water partition coefficient (Wildman–Crippen LogP) is 7.65. The molecule has 0 fully saturated rings. The summed E-state index contributed by atoms with van der Waals surface area (Å²) < 4.78 is 1.64. The monoisotopic (exact) mass is 704 g/mol. The SMILES string of the molecule is CC(C)(CN1C(=O)c2cccc3cccc(c23)C1=O)C[N+](C)(C)CCCCCC[N+](C)(C)CC(C)(C)CN1C(=O)c2cccc3cccc(c23)C1=O. The van der Waals surface area contributed by atoms with E-state index >= 15 is 0 Å². The van der Waals surface area contributed by atoms with Crippen molar-refractivity contribution in [1.29, 1.82) is 0 Å². The Morgan fingerprint density at radius 1 is 0.462 bits per heavy atom. The molecular weight excluding hydrogens is 649 g/mol. The number of hydrogen-bond donors (Lipinski definition) is 0. The van der Waals surface area contributed by atoms with Crippen LogP contribution in [0.25, 0.3) is 21.5 Å². The molecule has 8 heteroatoms. The van der Waals surface area contributed by atoms with Crippen LogP contribution in [-0.2, 0) is 0 Å². The van der Waals surface area contributed by atoms with E-state index in [1.54, 1.807) is 0 Å². The van der Waals surface area contributed by atoms with Crippen LogP contribution in [0.5, 0.6) is 0 Å². The van der Waals surface area contributed by atoms with Crippen LogP contribution in [-0.4, -0.2) is 110 Å². The number of quaternary nitrogens is 2. The van der Waals surface area contributed by atoms with Gasteiger partial charge in [-0.15, -0.1) is 0 Å². The summed E-state index contributed by atoms with van der Waals surface area (Å²) >= 11 is 0. The lowest BCUT2D eigenvalue weighted by atomic mass is 9.88. The fourth-order valence-electron chi connectivity index (χ4n) is 9.31. The fourth-order valence-corrected chi connectivity index (χ4v) is 9.31. The molecule has 0 saturated heterocycles. The van der Waals surface area contributed by atoms with Crippen LogP contribution in [0.15, 0.2) is 72.8 Å². The van der Waals surface area contributed by atoms with E-state index in [0.717, 1.165) is 82.4 Å². The summed E-state index contributed by atoms with van der Waals surface area (Å²) in [4.78, 5) is 57.1. The minimum Gasteiger partial charge on any atom is -0.328 e. The zero-order valence-corrected chi connectivity index (χ0v) is 32.4. The lowest BCUT2D eigenvalue weighted by molar-refractivity contribution is -0.897. The number of carbonyl (C=O) groups is 4. The summed E-state index contributed by atoms with van der Waals surface area (Å²) in [5.74, 6) is -0.798. The van der Waals surface area contributed by atoms with Crippen LogP contribution in [0.2, 0.25) is 0 Å². The molecule has 2 aliphatic rings. The van der Waals surface area contributed by atoms with Gasteiger partial charge in [-0.05, 0) is 60.7 Å². The standard InChI is InChI=1S/C44H56N4O4/c1-43(2,27-45-39(49)33-21-13-17-31-18-14-22-34(37(31)33)40(45)50)29-47(5,6)25-11-9-10-12-26-48(7,8)30-44(3,4)28-46-41(51)35-23-15-19-32-20-16-24-36(38(32)35)42(46)52/h13-24H,9-12,25-30H2,1-8H3/q+2. The molecule has 4 aromatic carbocycles. The van der Waals surface area contributed by atoms with E-state index in [0.29, 0.717) is 35.3 Å². The third-order valence-electron chi connectivity index (χ3n) is 10.9. The Bertz CT molecular complexity index is 1810. The normalized spacial score (nSPS) is 15.4. The number of unbranched alkanes of at least 4 members (excludes halogenated alkanes) is 3. The van der Waals surface area contributed by atoms with Crippen molar-refractivity contribution in [3.8, 4) is 0 Å². The Morgan fingerprint density at radius 2 is 0.750 bits per heavy atom. The van der Waals surface area contributed by atoms with Gasteiger partial charge in [-0.3, -0.25) is 29.0 Å². The minimum absolute atomic E-state index is 0.200. The van der Waals surface area contributed by atoms with Crippen LogP contribution < -0.4 is 0 Å². The van der Waals surface area contributed by atoms with Crippen molar-refractivity contribution in [2.75, 3.05) is 67.5 Å². The van der Waals surface area contributed by atoms with Gasteiger partial charge in [0.25, 0.3) is 23.6 Å². The van der Waals surface area contributed by atoms with Gasteiger partial charge in [0.05, 0.1) is 54.4 Å². The molecule has 0 saturated carbocycles. The molecule has 0 bridgehead atoms. The van der Waals surface area contributed by atoms with Crippen LogP contribution in [0, 0.1) is 10.8 Å². The van der Waals surface area contributed by atoms with Gasteiger partial charge in [0.1, 0.15) is 0 Å². The first-order valence-electron chi connectivity index (χ1n) is 18.8. The first-order valence-corrected chi connectivity index (χ1v) is 18.8. The average Bonchev–Trinajstić information content (AvgIpc) is 3.06. The minimum atomic E-state index is -0.260. The highest BCUT2D eigenvalue weighted by Crippen LogP contribution is 2.34. The fraction of sp³-hybridized carbons (Fsp3) is 0.455. The topological polar surface area (TPSA) is 74.8 Å². The second kappa shape index (κ2) is 13.9. The maximum atomic E-state index is 13.5. The van der Waals surface area contributed by atoms with Crippen molar-refractivity contribution in [3.63, 3.8) is 0 Å². The molecule has 8 nitrogen and oxygen atoms in total. The predicted molar refractivity (Wildman–Crippen MR) is 208 cm³/mol. The molecule has 52 heavy (non-hydrogen) atoms. The number of benzene rings is 4. The van der Waals surface area contributed by atoms with Gasteiger partial charge in [-0.1, -0.05) is 76.2 Å². The molecule has 274 valence electrons.